The molecule has 0 radical (unpaired) electrons. The zero-order valence-electron chi connectivity index (χ0n) is 23.7. The summed E-state index contributed by atoms with van der Waals surface area (Å²) in [6.07, 6.45) is 3.03. The Balaban J connectivity index is 1.03. The quantitative estimate of drug-likeness (QED) is 0.167. The fraction of sp³-hybridized carbons (Fsp3) is 0.171. The van der Waals surface area contributed by atoms with E-state index < -0.39 is 17.9 Å². The molecule has 9 heteroatoms. The molecule has 2 atom stereocenters. The molecule has 0 aliphatic heterocycles. The number of esters is 3. The van der Waals surface area contributed by atoms with Crippen LogP contribution in [0.2, 0.25) is 0 Å². The molecule has 0 spiro atoms. The predicted octanol–water partition coefficient (Wildman–Crippen LogP) is 6.63. The lowest BCUT2D eigenvalue weighted by atomic mass is 9.95. The summed E-state index contributed by atoms with van der Waals surface area (Å²) >= 11 is 0. The third-order valence-electron chi connectivity index (χ3n) is 8.55. The summed E-state index contributed by atoms with van der Waals surface area (Å²) in [6, 6.07) is 22.7. The van der Waals surface area contributed by atoms with Crippen LogP contribution in [0.1, 0.15) is 73.3 Å². The fourth-order valence-corrected chi connectivity index (χ4v) is 6.41. The molecular weight excluding hydrogens is 562 g/mol. The predicted molar refractivity (Wildman–Crippen MR) is 160 cm³/mol. The normalized spacial score (nSPS) is 16.5. The highest BCUT2D eigenvalue weighted by atomic mass is 16.5. The molecule has 5 aromatic rings. The van der Waals surface area contributed by atoms with Gasteiger partial charge in [-0.25, -0.2) is 14.4 Å². The Kier molecular flexibility index (Phi) is 6.58. The first-order valence-corrected chi connectivity index (χ1v) is 14.2. The number of aromatic hydroxyl groups is 2. The smallest absolute Gasteiger partial charge is 0.343 e. The van der Waals surface area contributed by atoms with Crippen LogP contribution < -0.4 is 9.47 Å². The number of rotatable bonds is 6. The number of carbonyl (C=O) groups is 3. The molecule has 1 heterocycles. The molecule has 9 nitrogen and oxygen atoms in total. The average molecular weight is 590 g/mol. The van der Waals surface area contributed by atoms with Gasteiger partial charge in [-0.3, -0.25) is 4.57 Å². The zero-order valence-corrected chi connectivity index (χ0v) is 23.7. The van der Waals surface area contributed by atoms with Crippen LogP contribution in [0.3, 0.4) is 0 Å². The molecule has 2 unspecified atom stereocenters. The van der Waals surface area contributed by atoms with Crippen molar-refractivity contribution in [2.75, 3.05) is 7.11 Å². The summed E-state index contributed by atoms with van der Waals surface area (Å²) in [6.45, 7) is 0. The fourth-order valence-electron chi connectivity index (χ4n) is 6.41. The Morgan fingerprint density at radius 1 is 0.636 bits per heavy atom. The van der Waals surface area contributed by atoms with E-state index in [2.05, 4.69) is 4.74 Å². The Hall–Kier alpha value is -5.57. The van der Waals surface area contributed by atoms with Gasteiger partial charge in [-0.2, -0.15) is 0 Å². The number of hydrogen-bond acceptors (Lipinski definition) is 8. The van der Waals surface area contributed by atoms with Crippen LogP contribution in [-0.2, 0) is 4.74 Å². The molecule has 0 amide bonds. The Morgan fingerprint density at radius 2 is 1.14 bits per heavy atom. The van der Waals surface area contributed by atoms with E-state index in [1.807, 2.05) is 0 Å². The van der Waals surface area contributed by atoms with E-state index in [0.717, 1.165) is 41.2 Å². The highest BCUT2D eigenvalue weighted by molar-refractivity contribution is 5.97. The molecule has 7 rings (SSSR count). The highest BCUT2D eigenvalue weighted by Crippen LogP contribution is 2.60. The number of methoxy groups -OCH3 is 1. The molecular formula is C35H27NO8. The average Bonchev–Trinajstić information content (AvgIpc) is 3.74. The topological polar surface area (TPSA) is 124 Å². The Bertz CT molecular complexity index is 1920. The zero-order chi connectivity index (χ0) is 30.5. The number of fused-ring (bicyclic) bond motifs is 6. The first-order valence-electron chi connectivity index (χ1n) is 14.2. The van der Waals surface area contributed by atoms with Crippen molar-refractivity contribution in [2.45, 2.75) is 31.1 Å². The standard InChI is InChI=1S/C35H27NO8/c1-42-33(39)19-8-13-27(14-9-19)43-35(41)25-5-2-22-18-28(15-10-21(22)16-25)44-34(40)20-6-11-26(12-7-20)36-31(37)29-23-3-4-24(17-23)30(29)32(36)38/h2,5-16,18,23-24,37-38H,3-4,17H2,1H3. The van der Waals surface area contributed by atoms with Gasteiger partial charge in [0.2, 0.25) is 11.8 Å². The molecule has 2 aliphatic carbocycles. The summed E-state index contributed by atoms with van der Waals surface area (Å²) < 4.78 is 17.2. The number of ether oxygens (including phenoxy) is 3. The van der Waals surface area contributed by atoms with Crippen molar-refractivity contribution in [1.82, 2.24) is 4.57 Å². The third kappa shape index (κ3) is 4.63. The second kappa shape index (κ2) is 10.6. The molecule has 1 aromatic heterocycles. The van der Waals surface area contributed by atoms with Crippen molar-refractivity contribution in [2.24, 2.45) is 0 Å². The summed E-state index contributed by atoms with van der Waals surface area (Å²) in [5.74, 6) is -0.260. The molecule has 2 N–H and O–H groups in total. The first-order chi connectivity index (χ1) is 21.3. The largest absolute Gasteiger partial charge is 0.494 e. The molecule has 2 aliphatic rings. The molecule has 2 bridgehead atoms. The van der Waals surface area contributed by atoms with E-state index in [-0.39, 0.29) is 29.3 Å². The van der Waals surface area contributed by atoms with Crippen LogP contribution in [0.4, 0.5) is 0 Å². The van der Waals surface area contributed by atoms with Gasteiger partial charge in [0, 0.05) is 11.1 Å². The van der Waals surface area contributed by atoms with Gasteiger partial charge in [0.1, 0.15) is 11.5 Å². The molecule has 4 aromatic carbocycles. The molecule has 220 valence electrons. The van der Waals surface area contributed by atoms with Gasteiger partial charge in [0.25, 0.3) is 0 Å². The van der Waals surface area contributed by atoms with Crippen LogP contribution in [-0.4, -0.2) is 39.8 Å². The Labute approximate surface area is 251 Å². The number of carbonyl (C=O) groups excluding carboxylic acids is 3. The summed E-state index contributed by atoms with van der Waals surface area (Å²) in [5.41, 5.74) is 3.26. The van der Waals surface area contributed by atoms with E-state index in [4.69, 9.17) is 9.47 Å². The summed E-state index contributed by atoms with van der Waals surface area (Å²) in [7, 11) is 1.29. The summed E-state index contributed by atoms with van der Waals surface area (Å²) in [5, 5.41) is 23.3. The minimum atomic E-state index is -0.560. The second-order valence-corrected chi connectivity index (χ2v) is 11.1. The number of benzene rings is 4. The first kappa shape index (κ1) is 27.3. The maximum Gasteiger partial charge on any atom is 0.343 e. The lowest BCUT2D eigenvalue weighted by Gasteiger charge is -2.11. The van der Waals surface area contributed by atoms with Crippen molar-refractivity contribution in [3.05, 3.63) is 113 Å². The van der Waals surface area contributed by atoms with Gasteiger partial charge in [-0.1, -0.05) is 12.1 Å². The molecule has 44 heavy (non-hydrogen) atoms. The minimum Gasteiger partial charge on any atom is -0.494 e. The van der Waals surface area contributed by atoms with Crippen LogP contribution in [0, 0.1) is 0 Å². The van der Waals surface area contributed by atoms with Crippen LogP contribution in [0.5, 0.6) is 23.3 Å². The molecule has 1 fully saturated rings. The van der Waals surface area contributed by atoms with Crippen molar-refractivity contribution in [3.63, 3.8) is 0 Å². The SMILES string of the molecule is COC(=O)c1ccc(OC(=O)c2ccc3cc(OC(=O)c4ccc(-n5c(O)c6c(c5O)C5CCC6C5)cc4)ccc3c2)cc1. The molecule has 0 saturated heterocycles. The van der Waals surface area contributed by atoms with Crippen LogP contribution in [0.25, 0.3) is 16.5 Å². The highest BCUT2D eigenvalue weighted by Gasteiger charge is 2.44. The lowest BCUT2D eigenvalue weighted by Crippen LogP contribution is -2.09. The van der Waals surface area contributed by atoms with Gasteiger partial charge in [0.05, 0.1) is 29.5 Å². The lowest BCUT2D eigenvalue weighted by molar-refractivity contribution is 0.0600. The summed E-state index contributed by atoms with van der Waals surface area (Å²) in [4.78, 5) is 37.2. The van der Waals surface area contributed by atoms with E-state index >= 15 is 0 Å². The Morgan fingerprint density at radius 3 is 1.80 bits per heavy atom. The van der Waals surface area contributed by atoms with Gasteiger partial charge >= 0.3 is 17.9 Å². The second-order valence-electron chi connectivity index (χ2n) is 11.1. The van der Waals surface area contributed by atoms with Crippen molar-refractivity contribution in [3.8, 4) is 28.9 Å². The van der Waals surface area contributed by atoms with Gasteiger partial charge in [0.15, 0.2) is 0 Å². The van der Waals surface area contributed by atoms with E-state index in [0.29, 0.717) is 28.1 Å². The third-order valence-corrected chi connectivity index (χ3v) is 8.55. The van der Waals surface area contributed by atoms with Gasteiger partial charge in [-0.05, 0) is 115 Å². The number of nitrogens with zero attached hydrogens (tertiary/aromatic N) is 1. The maximum absolute atomic E-state index is 12.9. The minimum absolute atomic E-state index is 0.0712. The maximum atomic E-state index is 12.9. The molecule has 1 saturated carbocycles. The van der Waals surface area contributed by atoms with E-state index in [1.165, 1.54) is 35.9 Å². The van der Waals surface area contributed by atoms with Crippen molar-refractivity contribution >= 4 is 28.7 Å². The van der Waals surface area contributed by atoms with Crippen molar-refractivity contribution < 1.29 is 38.8 Å². The monoisotopic (exact) mass is 589 g/mol. The van der Waals surface area contributed by atoms with Gasteiger partial charge < -0.3 is 24.4 Å². The van der Waals surface area contributed by atoms with Crippen LogP contribution in [0.15, 0.2) is 84.9 Å². The van der Waals surface area contributed by atoms with Crippen molar-refractivity contribution in [1.29, 1.82) is 0 Å². The number of aromatic nitrogens is 1. The van der Waals surface area contributed by atoms with E-state index in [1.54, 1.807) is 60.7 Å². The van der Waals surface area contributed by atoms with E-state index in [9.17, 15) is 24.6 Å². The van der Waals surface area contributed by atoms with Crippen LogP contribution >= 0.6 is 0 Å². The van der Waals surface area contributed by atoms with Gasteiger partial charge in [-0.15, -0.1) is 0 Å². The number of hydrogen-bond donors (Lipinski definition) is 2.